The van der Waals surface area contributed by atoms with Gasteiger partial charge in [0.15, 0.2) is 0 Å². The van der Waals surface area contributed by atoms with E-state index in [0.29, 0.717) is 0 Å². The smallest absolute Gasteiger partial charge is 0.341 e. The Labute approximate surface area is 82.3 Å². The molecule has 13 heavy (non-hydrogen) atoms. The zero-order valence-corrected chi connectivity index (χ0v) is 8.26. The van der Waals surface area contributed by atoms with Crippen LogP contribution in [0.2, 0.25) is 0 Å². The number of carbonyl (C=O) groups is 1. The van der Waals surface area contributed by atoms with Crippen molar-refractivity contribution in [2.24, 2.45) is 0 Å². The highest BCUT2D eigenvalue weighted by atomic mass is 79.9. The second-order valence-electron chi connectivity index (χ2n) is 2.28. The number of rotatable bonds is 1. The number of phenolic OH excluding ortho intramolecular Hbond substituents is 1. The Morgan fingerprint density at radius 1 is 1.62 bits per heavy atom. The largest absolute Gasteiger partial charge is 0.507 e. The van der Waals surface area contributed by atoms with E-state index in [1.165, 1.54) is 7.11 Å². The molecule has 70 valence electrons. The first-order chi connectivity index (χ1) is 6.06. The van der Waals surface area contributed by atoms with Gasteiger partial charge in [0.1, 0.15) is 17.1 Å². The molecule has 0 bridgehead atoms. The van der Waals surface area contributed by atoms with Gasteiger partial charge < -0.3 is 9.84 Å². The standard InChI is InChI=1S/C8H6BrFO3/c1-13-8(12)4-2-5(9)6(10)3-7(4)11/h2-3,11H,1H3. The highest BCUT2D eigenvalue weighted by Gasteiger charge is 2.14. The lowest BCUT2D eigenvalue weighted by Gasteiger charge is -2.03. The number of aromatic hydroxyl groups is 1. The molecule has 3 nitrogen and oxygen atoms in total. The minimum atomic E-state index is -0.710. The van der Waals surface area contributed by atoms with Crippen LogP contribution in [0, 0.1) is 5.82 Å². The Kier molecular flexibility index (Phi) is 2.87. The number of carbonyl (C=O) groups excluding carboxylic acids is 1. The normalized spacial score (nSPS) is 9.77. The molecule has 5 heteroatoms. The molecule has 0 unspecified atom stereocenters. The molecule has 0 aliphatic heterocycles. The van der Waals surface area contributed by atoms with Crippen molar-refractivity contribution in [1.29, 1.82) is 0 Å². The van der Waals surface area contributed by atoms with Crippen molar-refractivity contribution in [2.45, 2.75) is 0 Å². The minimum absolute atomic E-state index is 0.0734. The Morgan fingerprint density at radius 2 is 2.23 bits per heavy atom. The van der Waals surface area contributed by atoms with Gasteiger partial charge in [-0.3, -0.25) is 0 Å². The van der Waals surface area contributed by atoms with E-state index in [4.69, 9.17) is 5.11 Å². The van der Waals surface area contributed by atoms with Crippen molar-refractivity contribution in [2.75, 3.05) is 7.11 Å². The monoisotopic (exact) mass is 248 g/mol. The van der Waals surface area contributed by atoms with E-state index in [1.54, 1.807) is 0 Å². The van der Waals surface area contributed by atoms with Crippen molar-refractivity contribution in [3.8, 4) is 5.75 Å². The number of hydrogen-bond donors (Lipinski definition) is 1. The number of halogens is 2. The van der Waals surface area contributed by atoms with Crippen LogP contribution in [-0.2, 0) is 4.74 Å². The number of esters is 1. The molecular weight excluding hydrogens is 243 g/mol. The average molecular weight is 249 g/mol. The number of ether oxygens (including phenoxy) is 1. The van der Waals surface area contributed by atoms with Gasteiger partial charge in [-0.05, 0) is 22.0 Å². The molecule has 0 amide bonds. The molecule has 1 aromatic carbocycles. The van der Waals surface area contributed by atoms with Crippen LogP contribution in [0.25, 0.3) is 0 Å². The molecule has 0 saturated heterocycles. The molecule has 0 aromatic heterocycles. The van der Waals surface area contributed by atoms with Gasteiger partial charge in [0.25, 0.3) is 0 Å². The molecule has 0 spiro atoms. The van der Waals surface area contributed by atoms with Gasteiger partial charge in [-0.15, -0.1) is 0 Å². The van der Waals surface area contributed by atoms with Gasteiger partial charge in [-0.2, -0.15) is 0 Å². The number of benzene rings is 1. The third-order valence-corrected chi connectivity index (χ3v) is 2.05. The Morgan fingerprint density at radius 3 is 2.77 bits per heavy atom. The van der Waals surface area contributed by atoms with Crippen LogP contribution in [0.15, 0.2) is 16.6 Å². The summed E-state index contributed by atoms with van der Waals surface area (Å²) in [5.74, 6) is -1.78. The number of methoxy groups -OCH3 is 1. The van der Waals surface area contributed by atoms with Crippen LogP contribution in [0.4, 0.5) is 4.39 Å². The maximum absolute atomic E-state index is 12.8. The minimum Gasteiger partial charge on any atom is -0.507 e. The highest BCUT2D eigenvalue weighted by molar-refractivity contribution is 9.10. The fraction of sp³-hybridized carbons (Fsp3) is 0.125. The number of phenols is 1. The Balaban J connectivity index is 3.23. The van der Waals surface area contributed by atoms with Crippen molar-refractivity contribution in [1.82, 2.24) is 0 Å². The van der Waals surface area contributed by atoms with Gasteiger partial charge >= 0.3 is 5.97 Å². The second kappa shape index (κ2) is 3.74. The zero-order chi connectivity index (χ0) is 10.0. The third-order valence-electron chi connectivity index (χ3n) is 1.44. The van der Waals surface area contributed by atoms with E-state index in [-0.39, 0.29) is 10.0 Å². The van der Waals surface area contributed by atoms with Crippen molar-refractivity contribution in [3.05, 3.63) is 28.0 Å². The molecule has 0 aliphatic carbocycles. The molecule has 0 heterocycles. The second-order valence-corrected chi connectivity index (χ2v) is 3.13. The first-order valence-electron chi connectivity index (χ1n) is 3.32. The first kappa shape index (κ1) is 9.98. The Hall–Kier alpha value is -1.10. The zero-order valence-electron chi connectivity index (χ0n) is 6.67. The van der Waals surface area contributed by atoms with E-state index in [0.717, 1.165) is 12.1 Å². The topological polar surface area (TPSA) is 46.5 Å². The van der Waals surface area contributed by atoms with Crippen molar-refractivity contribution in [3.63, 3.8) is 0 Å². The predicted octanol–water partition coefficient (Wildman–Crippen LogP) is 2.08. The van der Waals surface area contributed by atoms with Crippen LogP contribution in [-0.4, -0.2) is 18.2 Å². The molecule has 1 aromatic rings. The van der Waals surface area contributed by atoms with Gasteiger partial charge in [0.2, 0.25) is 0 Å². The van der Waals surface area contributed by atoms with Crippen LogP contribution in [0.1, 0.15) is 10.4 Å². The van der Waals surface area contributed by atoms with Crippen LogP contribution < -0.4 is 0 Å². The predicted molar refractivity (Wildman–Crippen MR) is 47.1 cm³/mol. The van der Waals surface area contributed by atoms with E-state index < -0.39 is 17.5 Å². The lowest BCUT2D eigenvalue weighted by molar-refractivity contribution is 0.0597. The summed E-state index contributed by atoms with van der Waals surface area (Å²) in [6, 6.07) is 2.01. The fourth-order valence-electron chi connectivity index (χ4n) is 0.810. The lowest BCUT2D eigenvalue weighted by Crippen LogP contribution is -2.02. The molecule has 0 saturated carbocycles. The third kappa shape index (κ3) is 1.98. The Bertz CT molecular complexity index is 351. The molecular formula is C8H6BrFO3. The van der Waals surface area contributed by atoms with Crippen LogP contribution >= 0.6 is 15.9 Å². The molecule has 1 rings (SSSR count). The molecule has 0 aliphatic rings. The maximum atomic E-state index is 12.8. The summed E-state index contributed by atoms with van der Waals surface area (Å²) in [6.07, 6.45) is 0. The summed E-state index contributed by atoms with van der Waals surface area (Å²) in [5.41, 5.74) is -0.0734. The van der Waals surface area contributed by atoms with Crippen LogP contribution in [0.5, 0.6) is 5.75 Å². The summed E-state index contributed by atoms with van der Waals surface area (Å²) >= 11 is 2.88. The fourth-order valence-corrected chi connectivity index (χ4v) is 1.15. The quantitative estimate of drug-likeness (QED) is 0.775. The SMILES string of the molecule is COC(=O)c1cc(Br)c(F)cc1O. The molecule has 0 atom stereocenters. The van der Waals surface area contributed by atoms with Crippen LogP contribution in [0.3, 0.4) is 0 Å². The highest BCUT2D eigenvalue weighted by Crippen LogP contribution is 2.25. The van der Waals surface area contributed by atoms with Crippen molar-refractivity contribution < 1.29 is 19.0 Å². The molecule has 1 N–H and O–H groups in total. The lowest BCUT2D eigenvalue weighted by atomic mass is 10.2. The molecule has 0 radical (unpaired) electrons. The van der Waals surface area contributed by atoms with E-state index in [2.05, 4.69) is 20.7 Å². The maximum Gasteiger partial charge on any atom is 0.341 e. The van der Waals surface area contributed by atoms with Crippen molar-refractivity contribution >= 4 is 21.9 Å². The summed E-state index contributed by atoms with van der Waals surface area (Å²) < 4.78 is 17.2. The van der Waals surface area contributed by atoms with Gasteiger partial charge in [0.05, 0.1) is 11.6 Å². The summed E-state index contributed by atoms with van der Waals surface area (Å²) in [6.45, 7) is 0. The van der Waals surface area contributed by atoms with Gasteiger partial charge in [-0.1, -0.05) is 0 Å². The molecule has 0 fully saturated rings. The first-order valence-corrected chi connectivity index (χ1v) is 4.12. The van der Waals surface area contributed by atoms with Gasteiger partial charge in [-0.25, -0.2) is 9.18 Å². The van der Waals surface area contributed by atoms with Gasteiger partial charge in [0, 0.05) is 6.07 Å². The van der Waals surface area contributed by atoms with E-state index in [9.17, 15) is 9.18 Å². The summed E-state index contributed by atoms with van der Waals surface area (Å²) in [7, 11) is 1.18. The summed E-state index contributed by atoms with van der Waals surface area (Å²) in [5, 5.41) is 9.16. The van der Waals surface area contributed by atoms with E-state index in [1.807, 2.05) is 0 Å². The van der Waals surface area contributed by atoms with E-state index >= 15 is 0 Å². The average Bonchev–Trinajstić information content (AvgIpc) is 2.10. The number of hydrogen-bond acceptors (Lipinski definition) is 3. The summed E-state index contributed by atoms with van der Waals surface area (Å²) in [4.78, 5) is 11.0.